The molecule has 4 N–H and O–H groups in total. The number of rotatable bonds is 6. The number of benzene rings is 1. The third kappa shape index (κ3) is 3.67. The molecule has 0 saturated heterocycles. The van der Waals surface area contributed by atoms with Crippen molar-refractivity contribution >= 4 is 27.3 Å². The highest BCUT2D eigenvalue weighted by Gasteiger charge is 2.15. The summed E-state index contributed by atoms with van der Waals surface area (Å²) in [4.78, 5) is 19.6. The molecule has 1 aromatic carbocycles. The van der Waals surface area contributed by atoms with Gasteiger partial charge in [-0.1, -0.05) is 0 Å². The molecule has 0 aliphatic heterocycles. The van der Waals surface area contributed by atoms with Gasteiger partial charge in [0.15, 0.2) is 0 Å². The zero-order chi connectivity index (χ0) is 18.7. The van der Waals surface area contributed by atoms with Gasteiger partial charge in [-0.3, -0.25) is 20.0 Å². The second kappa shape index (κ2) is 6.88. The molecular weight excluding hydrogens is 358 g/mol. The standard InChI is InChI=1S/C15H17N7O3S/c1-10-13(14(23)22(2)20-10)19-18-11-4-6-12(7-5-11)26(24,25)21-15-16-8-3-9-17-15/h3-9,18-20H,1-2H3,(H,16,17,21). The van der Waals surface area contributed by atoms with E-state index in [0.717, 1.165) is 0 Å². The Morgan fingerprint density at radius 3 is 2.31 bits per heavy atom. The first-order valence-electron chi connectivity index (χ1n) is 7.54. The number of hydrogen-bond acceptors (Lipinski definition) is 7. The number of nitrogens with zero attached hydrogens (tertiary/aromatic N) is 3. The van der Waals surface area contributed by atoms with E-state index in [1.807, 2.05) is 0 Å². The maximum Gasteiger partial charge on any atom is 0.291 e. The molecule has 2 aromatic heterocycles. The van der Waals surface area contributed by atoms with E-state index in [0.29, 0.717) is 17.1 Å². The summed E-state index contributed by atoms with van der Waals surface area (Å²) in [6, 6.07) is 7.58. The number of aromatic nitrogens is 4. The smallest absolute Gasteiger partial charge is 0.291 e. The lowest BCUT2D eigenvalue weighted by Gasteiger charge is -2.10. The SMILES string of the molecule is Cc1[nH]n(C)c(=O)c1NNc1ccc(S(=O)(=O)Nc2ncccn2)cc1. The van der Waals surface area contributed by atoms with Gasteiger partial charge in [0.05, 0.1) is 16.3 Å². The predicted octanol–water partition coefficient (Wildman–Crippen LogP) is 1.05. The lowest BCUT2D eigenvalue weighted by Crippen LogP contribution is -2.19. The minimum absolute atomic E-state index is 0.00449. The van der Waals surface area contributed by atoms with Gasteiger partial charge in [-0.25, -0.2) is 23.1 Å². The van der Waals surface area contributed by atoms with E-state index in [-0.39, 0.29) is 16.4 Å². The molecule has 26 heavy (non-hydrogen) atoms. The maximum absolute atomic E-state index is 12.3. The molecular formula is C15H17N7O3S. The molecule has 3 aromatic rings. The van der Waals surface area contributed by atoms with Crippen LogP contribution in [0.5, 0.6) is 0 Å². The monoisotopic (exact) mass is 375 g/mol. The molecule has 0 radical (unpaired) electrons. The van der Waals surface area contributed by atoms with Crippen LogP contribution in [0.25, 0.3) is 0 Å². The minimum Gasteiger partial charge on any atom is -0.301 e. The summed E-state index contributed by atoms with van der Waals surface area (Å²) in [7, 11) is -2.17. The van der Waals surface area contributed by atoms with Crippen molar-refractivity contribution in [3.05, 3.63) is 58.8 Å². The third-order valence-corrected chi connectivity index (χ3v) is 4.86. The van der Waals surface area contributed by atoms with Crippen LogP contribution in [0.3, 0.4) is 0 Å². The Balaban J connectivity index is 1.71. The van der Waals surface area contributed by atoms with Crippen LogP contribution in [0, 0.1) is 6.92 Å². The van der Waals surface area contributed by atoms with E-state index in [1.54, 1.807) is 32.2 Å². The molecule has 3 rings (SSSR count). The number of sulfonamides is 1. The second-order valence-electron chi connectivity index (χ2n) is 5.43. The van der Waals surface area contributed by atoms with Gasteiger partial charge in [-0.2, -0.15) is 0 Å². The van der Waals surface area contributed by atoms with Crippen molar-refractivity contribution in [3.8, 4) is 0 Å². The van der Waals surface area contributed by atoms with Crippen LogP contribution < -0.4 is 21.1 Å². The van der Waals surface area contributed by atoms with E-state index in [1.165, 1.54) is 29.2 Å². The van der Waals surface area contributed by atoms with E-state index >= 15 is 0 Å². The lowest BCUT2D eigenvalue weighted by molar-refractivity contribution is 0.601. The van der Waals surface area contributed by atoms with Crippen molar-refractivity contribution in [2.24, 2.45) is 7.05 Å². The average Bonchev–Trinajstić information content (AvgIpc) is 2.86. The molecule has 136 valence electrons. The van der Waals surface area contributed by atoms with Gasteiger partial charge in [0, 0.05) is 19.4 Å². The molecule has 0 unspecified atom stereocenters. The quantitative estimate of drug-likeness (QED) is 0.473. The molecule has 0 saturated carbocycles. The molecule has 0 bridgehead atoms. The van der Waals surface area contributed by atoms with Crippen LogP contribution in [0.1, 0.15) is 5.69 Å². The summed E-state index contributed by atoms with van der Waals surface area (Å²) in [5, 5.41) is 2.87. The molecule has 0 fully saturated rings. The highest BCUT2D eigenvalue weighted by atomic mass is 32.2. The Kier molecular flexibility index (Phi) is 4.63. The summed E-state index contributed by atoms with van der Waals surface area (Å²) < 4.78 is 28.3. The fourth-order valence-electron chi connectivity index (χ4n) is 2.22. The Morgan fingerprint density at radius 2 is 1.73 bits per heavy atom. The summed E-state index contributed by atoms with van der Waals surface area (Å²) in [5.41, 5.74) is 7.11. The first kappa shape index (κ1) is 17.5. The number of H-pyrrole nitrogens is 1. The van der Waals surface area contributed by atoms with Crippen molar-refractivity contribution in [1.82, 2.24) is 19.7 Å². The molecule has 0 atom stereocenters. The zero-order valence-electron chi connectivity index (χ0n) is 14.0. The fourth-order valence-corrected chi connectivity index (χ4v) is 3.17. The van der Waals surface area contributed by atoms with Crippen molar-refractivity contribution in [2.75, 3.05) is 15.6 Å². The summed E-state index contributed by atoms with van der Waals surface area (Å²) in [6.07, 6.45) is 2.88. The molecule has 0 spiro atoms. The fraction of sp³-hybridized carbons (Fsp3) is 0.133. The van der Waals surface area contributed by atoms with E-state index in [9.17, 15) is 13.2 Å². The van der Waals surface area contributed by atoms with Crippen molar-refractivity contribution in [1.29, 1.82) is 0 Å². The van der Waals surface area contributed by atoms with Gasteiger partial charge in [-0.15, -0.1) is 0 Å². The molecule has 0 amide bonds. The Bertz CT molecular complexity index is 1060. The van der Waals surface area contributed by atoms with E-state index in [2.05, 4.69) is 30.6 Å². The van der Waals surface area contributed by atoms with Gasteiger partial charge >= 0.3 is 0 Å². The summed E-state index contributed by atoms with van der Waals surface area (Å²) in [6.45, 7) is 1.76. The van der Waals surface area contributed by atoms with Crippen LogP contribution >= 0.6 is 0 Å². The first-order valence-corrected chi connectivity index (χ1v) is 9.02. The molecule has 11 heteroatoms. The number of nitrogens with one attached hydrogen (secondary N) is 4. The van der Waals surface area contributed by atoms with Crippen molar-refractivity contribution in [2.45, 2.75) is 11.8 Å². The summed E-state index contributed by atoms with van der Waals surface area (Å²) >= 11 is 0. The topological polar surface area (TPSA) is 134 Å². The lowest BCUT2D eigenvalue weighted by atomic mass is 10.3. The van der Waals surface area contributed by atoms with Gasteiger partial charge in [-0.05, 0) is 37.3 Å². The molecule has 0 aliphatic rings. The van der Waals surface area contributed by atoms with Gasteiger partial charge in [0.2, 0.25) is 5.95 Å². The number of aryl methyl sites for hydroxylation is 2. The Hall–Kier alpha value is -3.34. The molecule has 2 heterocycles. The van der Waals surface area contributed by atoms with Crippen LogP contribution in [0.2, 0.25) is 0 Å². The van der Waals surface area contributed by atoms with Crippen LogP contribution in [-0.2, 0) is 17.1 Å². The summed E-state index contributed by atoms with van der Waals surface area (Å²) in [5.74, 6) is -0.00449. The number of hydrazine groups is 1. The van der Waals surface area contributed by atoms with Crippen LogP contribution in [0.4, 0.5) is 17.3 Å². The van der Waals surface area contributed by atoms with Crippen LogP contribution in [-0.4, -0.2) is 28.2 Å². The van der Waals surface area contributed by atoms with E-state index in [4.69, 9.17) is 0 Å². The second-order valence-corrected chi connectivity index (χ2v) is 7.11. The van der Waals surface area contributed by atoms with Gasteiger partial charge in [0.1, 0.15) is 5.69 Å². The first-order chi connectivity index (χ1) is 12.4. The molecule has 10 nitrogen and oxygen atoms in total. The highest BCUT2D eigenvalue weighted by Crippen LogP contribution is 2.16. The largest absolute Gasteiger partial charge is 0.301 e. The maximum atomic E-state index is 12.3. The normalized spacial score (nSPS) is 11.2. The van der Waals surface area contributed by atoms with Gasteiger partial charge < -0.3 is 5.43 Å². The average molecular weight is 375 g/mol. The number of aromatic amines is 1. The van der Waals surface area contributed by atoms with Crippen LogP contribution in [0.15, 0.2) is 52.4 Å². The minimum atomic E-state index is -3.79. The Morgan fingerprint density at radius 1 is 1.08 bits per heavy atom. The van der Waals surface area contributed by atoms with Crippen molar-refractivity contribution < 1.29 is 8.42 Å². The third-order valence-electron chi connectivity index (χ3n) is 3.52. The highest BCUT2D eigenvalue weighted by molar-refractivity contribution is 7.92. The van der Waals surface area contributed by atoms with Crippen molar-refractivity contribution in [3.63, 3.8) is 0 Å². The molecule has 0 aliphatic carbocycles. The number of hydrogen-bond donors (Lipinski definition) is 4. The van der Waals surface area contributed by atoms with Gasteiger partial charge in [0.25, 0.3) is 15.6 Å². The zero-order valence-corrected chi connectivity index (χ0v) is 14.8. The predicted molar refractivity (Wildman–Crippen MR) is 97.3 cm³/mol. The Labute approximate surface area is 149 Å². The van der Waals surface area contributed by atoms with E-state index < -0.39 is 10.0 Å². The number of anilines is 3.